The van der Waals surface area contributed by atoms with E-state index in [0.717, 1.165) is 16.1 Å². The molecule has 114 valence electrons. The molecular weight excluding hydrogens is 306 g/mol. The molecule has 0 radical (unpaired) electrons. The number of nitrogens with zero attached hydrogens (tertiary/aromatic N) is 1. The highest BCUT2D eigenvalue weighted by atomic mass is 32.2. The molecule has 0 aliphatic heterocycles. The quantitative estimate of drug-likeness (QED) is 0.813. The zero-order chi connectivity index (χ0) is 15.3. The molecule has 0 fully saturated rings. The first-order chi connectivity index (χ1) is 10.0. The molecule has 0 amide bonds. The number of hydrogen-bond acceptors (Lipinski definition) is 5. The van der Waals surface area contributed by atoms with E-state index in [4.69, 9.17) is 0 Å². The zero-order valence-electron chi connectivity index (χ0n) is 12.1. The molecule has 0 aliphatic rings. The summed E-state index contributed by atoms with van der Waals surface area (Å²) in [5.41, 5.74) is 2.06. The van der Waals surface area contributed by atoms with Crippen LogP contribution in [0.15, 0.2) is 34.7 Å². The fourth-order valence-electron chi connectivity index (χ4n) is 1.95. The van der Waals surface area contributed by atoms with E-state index in [1.807, 2.05) is 25.4 Å². The maximum atomic E-state index is 12.3. The molecule has 2 rings (SSSR count). The average Bonchev–Trinajstić information content (AvgIpc) is 2.94. The van der Waals surface area contributed by atoms with E-state index < -0.39 is 10.0 Å². The highest BCUT2D eigenvalue weighted by molar-refractivity contribution is 7.89. The first-order valence-corrected chi connectivity index (χ1v) is 9.01. The third kappa shape index (κ3) is 4.34. The topological polar surface area (TPSA) is 71.1 Å². The van der Waals surface area contributed by atoms with E-state index in [-0.39, 0.29) is 0 Å². The van der Waals surface area contributed by atoms with E-state index in [1.165, 1.54) is 11.3 Å². The molecule has 7 heteroatoms. The lowest BCUT2D eigenvalue weighted by molar-refractivity contribution is 0.581. The van der Waals surface area contributed by atoms with Crippen LogP contribution in [-0.2, 0) is 23.0 Å². The van der Waals surface area contributed by atoms with Crippen molar-refractivity contribution in [1.82, 2.24) is 15.0 Å². The van der Waals surface area contributed by atoms with E-state index in [2.05, 4.69) is 15.0 Å². The fourth-order valence-corrected chi connectivity index (χ4v) is 3.65. The van der Waals surface area contributed by atoms with Crippen LogP contribution in [0.2, 0.25) is 0 Å². The highest BCUT2D eigenvalue weighted by Crippen LogP contribution is 2.15. The van der Waals surface area contributed by atoms with Crippen molar-refractivity contribution in [1.29, 1.82) is 0 Å². The smallest absolute Gasteiger partial charge is 0.240 e. The number of benzene rings is 1. The Hall–Kier alpha value is -1.28. The molecule has 0 saturated heterocycles. The van der Waals surface area contributed by atoms with Gasteiger partial charge >= 0.3 is 0 Å². The van der Waals surface area contributed by atoms with Crippen LogP contribution in [0.3, 0.4) is 0 Å². The lowest BCUT2D eigenvalue weighted by Crippen LogP contribution is -2.26. The second-order valence-corrected chi connectivity index (χ2v) is 7.44. The summed E-state index contributed by atoms with van der Waals surface area (Å²) in [7, 11) is -1.63. The van der Waals surface area contributed by atoms with Gasteiger partial charge in [-0.3, -0.25) is 0 Å². The molecule has 0 saturated carbocycles. The third-order valence-electron chi connectivity index (χ3n) is 3.11. The van der Waals surface area contributed by atoms with Gasteiger partial charge in [-0.2, -0.15) is 0 Å². The van der Waals surface area contributed by atoms with Crippen LogP contribution < -0.4 is 10.0 Å². The Bertz CT molecular complexity index is 682. The van der Waals surface area contributed by atoms with Crippen molar-refractivity contribution >= 4 is 21.4 Å². The van der Waals surface area contributed by atoms with E-state index in [0.29, 0.717) is 24.4 Å². The minimum absolute atomic E-state index is 0.303. The van der Waals surface area contributed by atoms with Gasteiger partial charge in [-0.1, -0.05) is 6.07 Å². The first-order valence-electron chi connectivity index (χ1n) is 6.65. The second kappa shape index (κ2) is 7.13. The van der Waals surface area contributed by atoms with Crippen molar-refractivity contribution in [2.45, 2.75) is 24.8 Å². The molecule has 21 heavy (non-hydrogen) atoms. The van der Waals surface area contributed by atoms with Crippen LogP contribution in [0.1, 0.15) is 16.1 Å². The summed E-state index contributed by atoms with van der Waals surface area (Å²) in [6, 6.07) is 5.19. The lowest BCUT2D eigenvalue weighted by Gasteiger charge is -2.10. The number of aromatic nitrogens is 1. The van der Waals surface area contributed by atoms with E-state index >= 15 is 0 Å². The average molecular weight is 325 g/mol. The van der Waals surface area contributed by atoms with Gasteiger partial charge in [-0.15, -0.1) is 11.3 Å². The molecule has 0 atom stereocenters. The Labute approximate surface area is 129 Å². The summed E-state index contributed by atoms with van der Waals surface area (Å²) in [5, 5.41) is 5.85. The van der Waals surface area contributed by atoms with Crippen LogP contribution in [-0.4, -0.2) is 27.0 Å². The van der Waals surface area contributed by atoms with Crippen molar-refractivity contribution in [2.75, 3.05) is 13.6 Å². The van der Waals surface area contributed by atoms with Gasteiger partial charge in [0.1, 0.15) is 0 Å². The monoisotopic (exact) mass is 325 g/mol. The van der Waals surface area contributed by atoms with Crippen molar-refractivity contribution in [3.8, 4) is 0 Å². The summed E-state index contributed by atoms with van der Waals surface area (Å²) in [6.45, 7) is 2.97. The predicted octanol–water partition coefficient (Wildman–Crippen LogP) is 1.69. The van der Waals surface area contributed by atoms with Gasteiger partial charge < -0.3 is 5.32 Å². The molecule has 0 aliphatic carbocycles. The Morgan fingerprint density at radius 1 is 1.33 bits per heavy atom. The minimum Gasteiger partial charge on any atom is -0.316 e. The van der Waals surface area contributed by atoms with Gasteiger partial charge in [-0.25, -0.2) is 18.1 Å². The molecule has 0 bridgehead atoms. The summed E-state index contributed by atoms with van der Waals surface area (Å²) in [5.74, 6) is 0. The standard InChI is InChI=1S/C14H19N3O2S2/c1-11-3-4-13(9-12(11)10-15-2)21(18,19)17-6-5-14-16-7-8-20-14/h3-4,7-9,15,17H,5-6,10H2,1-2H3. The maximum absolute atomic E-state index is 12.3. The summed E-state index contributed by atoms with van der Waals surface area (Å²) >= 11 is 1.53. The Morgan fingerprint density at radius 3 is 2.81 bits per heavy atom. The van der Waals surface area contributed by atoms with Gasteiger partial charge in [0.05, 0.1) is 9.90 Å². The first kappa shape index (κ1) is 16.1. The molecule has 1 aromatic carbocycles. The van der Waals surface area contributed by atoms with Crippen molar-refractivity contribution in [3.05, 3.63) is 45.9 Å². The van der Waals surface area contributed by atoms with E-state index in [9.17, 15) is 8.42 Å². The molecule has 0 spiro atoms. The predicted molar refractivity (Wildman–Crippen MR) is 84.9 cm³/mol. The minimum atomic E-state index is -3.47. The van der Waals surface area contributed by atoms with Gasteiger partial charge in [0.2, 0.25) is 10.0 Å². The van der Waals surface area contributed by atoms with Crippen LogP contribution in [0.25, 0.3) is 0 Å². The number of hydrogen-bond donors (Lipinski definition) is 2. The van der Waals surface area contributed by atoms with Gasteiger partial charge in [0.15, 0.2) is 0 Å². The van der Waals surface area contributed by atoms with E-state index in [1.54, 1.807) is 18.3 Å². The Morgan fingerprint density at radius 2 is 2.14 bits per heavy atom. The molecule has 1 heterocycles. The molecule has 0 unspecified atom stereocenters. The van der Waals surface area contributed by atoms with Crippen molar-refractivity contribution < 1.29 is 8.42 Å². The van der Waals surface area contributed by atoms with Crippen LogP contribution in [0, 0.1) is 6.92 Å². The normalized spacial score (nSPS) is 11.7. The fraction of sp³-hybridized carbons (Fsp3) is 0.357. The maximum Gasteiger partial charge on any atom is 0.240 e. The summed E-state index contributed by atoms with van der Waals surface area (Å²) in [6.07, 6.45) is 2.32. The largest absolute Gasteiger partial charge is 0.316 e. The van der Waals surface area contributed by atoms with Crippen LogP contribution in [0.5, 0.6) is 0 Å². The molecule has 2 N–H and O–H groups in total. The number of rotatable bonds is 7. The number of thiazole rings is 1. The Kier molecular flexibility index (Phi) is 5.46. The van der Waals surface area contributed by atoms with Crippen molar-refractivity contribution in [2.24, 2.45) is 0 Å². The number of aryl methyl sites for hydroxylation is 1. The third-order valence-corrected chi connectivity index (χ3v) is 5.41. The van der Waals surface area contributed by atoms with Gasteiger partial charge in [-0.05, 0) is 37.2 Å². The molecule has 2 aromatic rings. The summed E-state index contributed by atoms with van der Waals surface area (Å²) in [4.78, 5) is 4.44. The molecule has 1 aromatic heterocycles. The second-order valence-electron chi connectivity index (χ2n) is 4.69. The number of sulfonamides is 1. The van der Waals surface area contributed by atoms with Crippen molar-refractivity contribution in [3.63, 3.8) is 0 Å². The highest BCUT2D eigenvalue weighted by Gasteiger charge is 2.15. The molecular formula is C14H19N3O2S2. The van der Waals surface area contributed by atoms with Crippen LogP contribution >= 0.6 is 11.3 Å². The molecule has 5 nitrogen and oxygen atoms in total. The van der Waals surface area contributed by atoms with Gasteiger partial charge in [0, 0.05) is 31.1 Å². The number of nitrogens with one attached hydrogen (secondary N) is 2. The van der Waals surface area contributed by atoms with Crippen LogP contribution in [0.4, 0.5) is 0 Å². The Balaban J connectivity index is 2.06. The lowest BCUT2D eigenvalue weighted by atomic mass is 10.1. The summed E-state index contributed by atoms with van der Waals surface area (Å²) < 4.78 is 27.2. The van der Waals surface area contributed by atoms with Gasteiger partial charge in [0.25, 0.3) is 0 Å². The zero-order valence-corrected chi connectivity index (χ0v) is 13.7. The SMILES string of the molecule is CNCc1cc(S(=O)(=O)NCCc2nccs2)ccc1C.